The molecule has 3 rings (SSSR count). The van der Waals surface area contributed by atoms with Crippen LogP contribution in [0.5, 0.6) is 17.2 Å². The Morgan fingerprint density at radius 2 is 1.57 bits per heavy atom. The van der Waals surface area contributed by atoms with E-state index in [4.69, 9.17) is 4.74 Å². The molecule has 0 aliphatic rings. The van der Waals surface area contributed by atoms with Gasteiger partial charge >= 0.3 is 0 Å². The maximum Gasteiger partial charge on any atom is 0.240 e. The van der Waals surface area contributed by atoms with Crippen LogP contribution in [-0.4, -0.2) is 31.3 Å². The number of hydrogen-bond acceptors (Lipinski definition) is 5. The van der Waals surface area contributed by atoms with E-state index < -0.39 is 16.1 Å². The van der Waals surface area contributed by atoms with E-state index in [0.29, 0.717) is 17.9 Å². The first-order valence-corrected chi connectivity index (χ1v) is 12.6. The number of phenolic OH excluding ortho intramolecular Hbond substituents is 1. The third-order valence-corrected chi connectivity index (χ3v) is 7.33. The van der Waals surface area contributed by atoms with Crippen LogP contribution in [0.2, 0.25) is 0 Å². The predicted molar refractivity (Wildman–Crippen MR) is 131 cm³/mol. The number of nitrogens with one attached hydrogen (secondary N) is 1. The molecule has 0 bridgehead atoms. The van der Waals surface area contributed by atoms with Gasteiger partial charge in [0.2, 0.25) is 10.0 Å². The van der Waals surface area contributed by atoms with Crippen LogP contribution in [-0.2, 0) is 16.4 Å². The van der Waals surface area contributed by atoms with Gasteiger partial charge < -0.3 is 14.9 Å². The molecule has 0 amide bonds. The van der Waals surface area contributed by atoms with Gasteiger partial charge in [0.05, 0.1) is 18.6 Å². The summed E-state index contributed by atoms with van der Waals surface area (Å²) in [6.07, 6.45) is 0.327. The average molecular weight is 651 g/mol. The Bertz CT molecular complexity index is 1080. The average Bonchev–Trinajstić information content (AvgIpc) is 2.72. The van der Waals surface area contributed by atoms with Gasteiger partial charge in [-0.05, 0) is 106 Å². The monoisotopic (exact) mass is 651 g/mol. The van der Waals surface area contributed by atoms with Crippen molar-refractivity contribution in [3.63, 3.8) is 0 Å². The molecule has 1 atom stereocenters. The normalized spacial score (nSPS) is 12.5. The predicted octanol–water partition coefficient (Wildman–Crippen LogP) is 4.28. The highest BCUT2D eigenvalue weighted by molar-refractivity contribution is 14.1. The van der Waals surface area contributed by atoms with Crippen molar-refractivity contribution in [3.05, 3.63) is 79.4 Å². The molecule has 0 aliphatic carbocycles. The quantitative estimate of drug-likeness (QED) is 0.317. The van der Waals surface area contributed by atoms with E-state index >= 15 is 0 Å². The Morgan fingerprint density at radius 1 is 0.967 bits per heavy atom. The highest BCUT2D eigenvalue weighted by atomic mass is 127. The number of rotatable bonds is 8. The summed E-state index contributed by atoms with van der Waals surface area (Å²) in [4.78, 5) is 0.158. The topological polar surface area (TPSA) is 95.9 Å². The molecule has 158 valence electrons. The summed E-state index contributed by atoms with van der Waals surface area (Å²) in [5.41, 5.74) is 0.872. The summed E-state index contributed by atoms with van der Waals surface area (Å²) in [5.74, 6) is 1.44. The molecular weight excluding hydrogens is 632 g/mol. The zero-order chi connectivity index (χ0) is 21.7. The lowest BCUT2D eigenvalue weighted by Gasteiger charge is -2.18. The number of sulfonamides is 1. The third-order valence-electron chi connectivity index (χ3n) is 4.19. The van der Waals surface area contributed by atoms with Crippen molar-refractivity contribution in [2.75, 3.05) is 6.61 Å². The van der Waals surface area contributed by atoms with Crippen LogP contribution in [0.1, 0.15) is 5.56 Å². The van der Waals surface area contributed by atoms with Gasteiger partial charge in [-0.3, -0.25) is 0 Å². The summed E-state index contributed by atoms with van der Waals surface area (Å²) in [6, 6.07) is 17.7. The van der Waals surface area contributed by atoms with Gasteiger partial charge in [-0.25, -0.2) is 13.1 Å². The van der Waals surface area contributed by atoms with Gasteiger partial charge in [0.1, 0.15) is 11.5 Å². The maximum absolute atomic E-state index is 12.5. The van der Waals surface area contributed by atoms with Crippen molar-refractivity contribution in [3.8, 4) is 17.2 Å². The molecule has 0 aliphatic heterocycles. The summed E-state index contributed by atoms with van der Waals surface area (Å²) in [7, 11) is -3.72. The second-order valence-corrected chi connectivity index (χ2v) is 10.5. The molecule has 0 unspecified atom stereocenters. The number of aromatic hydroxyl groups is 1. The lowest BCUT2D eigenvalue weighted by molar-refractivity contribution is 0.256. The number of aliphatic hydroxyl groups excluding tert-OH is 1. The maximum atomic E-state index is 12.5. The number of phenols is 1. The van der Waals surface area contributed by atoms with Crippen LogP contribution in [0.15, 0.2) is 71.6 Å². The number of hydrogen-bond donors (Lipinski definition) is 3. The van der Waals surface area contributed by atoms with E-state index in [1.54, 1.807) is 42.5 Å². The molecule has 0 heterocycles. The summed E-state index contributed by atoms with van der Waals surface area (Å²) >= 11 is 4.32. The fourth-order valence-electron chi connectivity index (χ4n) is 2.77. The molecule has 0 radical (unpaired) electrons. The lowest BCUT2D eigenvalue weighted by atomic mass is 10.1. The molecule has 0 saturated heterocycles. The molecule has 3 aromatic carbocycles. The zero-order valence-electron chi connectivity index (χ0n) is 15.6. The molecule has 3 N–H and O–H groups in total. The van der Waals surface area contributed by atoms with Gasteiger partial charge in [-0.15, -0.1) is 0 Å². The summed E-state index contributed by atoms with van der Waals surface area (Å²) < 4.78 is 35.3. The molecule has 0 spiro atoms. The van der Waals surface area contributed by atoms with Gasteiger partial charge in [-0.1, -0.05) is 18.2 Å². The summed E-state index contributed by atoms with van der Waals surface area (Å²) in [5, 5.41) is 19.1. The Morgan fingerprint density at radius 3 is 2.13 bits per heavy atom. The standard InChI is InChI=1S/C21H19I2NO5S/c22-19-11-14(12-20(23)21(19)29-17-8-6-16(26)7-9-17)10-15(13-25)24-30(27,28)18-4-2-1-3-5-18/h1-9,11-12,15,24-26H,10,13H2/t15-/m0/s1. The third kappa shape index (κ3) is 6.06. The van der Waals surface area contributed by atoms with E-state index in [-0.39, 0.29) is 17.3 Å². The van der Waals surface area contributed by atoms with E-state index in [0.717, 1.165) is 12.7 Å². The Balaban J connectivity index is 1.76. The number of aliphatic hydroxyl groups is 1. The zero-order valence-corrected chi connectivity index (χ0v) is 20.8. The van der Waals surface area contributed by atoms with E-state index in [2.05, 4.69) is 49.9 Å². The van der Waals surface area contributed by atoms with Crippen molar-refractivity contribution in [2.24, 2.45) is 0 Å². The molecule has 0 aromatic heterocycles. The number of ether oxygens (including phenoxy) is 1. The Labute approximate surface area is 202 Å². The minimum atomic E-state index is -3.72. The minimum Gasteiger partial charge on any atom is -0.508 e. The first-order chi connectivity index (χ1) is 14.3. The SMILES string of the molecule is O=S(=O)(N[C@H](CO)Cc1cc(I)c(Oc2ccc(O)cc2)c(I)c1)c1ccccc1. The second kappa shape index (κ2) is 10.3. The molecule has 9 heteroatoms. The highest BCUT2D eigenvalue weighted by Crippen LogP contribution is 2.33. The Hall–Kier alpha value is -1.41. The molecule has 6 nitrogen and oxygen atoms in total. The van der Waals surface area contributed by atoms with Gasteiger partial charge in [0.25, 0.3) is 0 Å². The van der Waals surface area contributed by atoms with Crippen LogP contribution in [0.4, 0.5) is 0 Å². The first-order valence-electron chi connectivity index (χ1n) is 8.91. The van der Waals surface area contributed by atoms with Crippen LogP contribution >= 0.6 is 45.2 Å². The minimum absolute atomic E-state index is 0.158. The van der Waals surface area contributed by atoms with Gasteiger partial charge in [-0.2, -0.15) is 0 Å². The van der Waals surface area contributed by atoms with E-state index in [9.17, 15) is 18.6 Å². The van der Waals surface area contributed by atoms with E-state index in [1.807, 2.05) is 12.1 Å². The molecule has 0 fully saturated rings. The highest BCUT2D eigenvalue weighted by Gasteiger charge is 2.21. The number of benzene rings is 3. The molecule has 3 aromatic rings. The fraction of sp³-hybridized carbons (Fsp3) is 0.143. The largest absolute Gasteiger partial charge is 0.508 e. The fourth-order valence-corrected chi connectivity index (χ4v) is 6.14. The Kier molecular flexibility index (Phi) is 7.96. The van der Waals surface area contributed by atoms with Crippen molar-refractivity contribution in [2.45, 2.75) is 17.4 Å². The van der Waals surface area contributed by atoms with Gasteiger partial charge in [0.15, 0.2) is 5.75 Å². The van der Waals surface area contributed by atoms with Crippen molar-refractivity contribution < 1.29 is 23.4 Å². The lowest BCUT2D eigenvalue weighted by Crippen LogP contribution is -2.39. The molecule has 0 saturated carbocycles. The molecular formula is C21H19I2NO5S. The van der Waals surface area contributed by atoms with Gasteiger partial charge in [0, 0.05) is 6.04 Å². The van der Waals surface area contributed by atoms with Crippen LogP contribution in [0, 0.1) is 7.14 Å². The van der Waals surface area contributed by atoms with Crippen LogP contribution in [0.3, 0.4) is 0 Å². The molecule has 30 heavy (non-hydrogen) atoms. The van der Waals surface area contributed by atoms with Crippen LogP contribution in [0.25, 0.3) is 0 Å². The second-order valence-electron chi connectivity index (χ2n) is 6.50. The smallest absolute Gasteiger partial charge is 0.240 e. The van der Waals surface area contributed by atoms with Crippen molar-refractivity contribution in [1.29, 1.82) is 0 Å². The summed E-state index contributed by atoms with van der Waals surface area (Å²) in [6.45, 7) is -0.328. The van der Waals surface area contributed by atoms with Crippen molar-refractivity contribution in [1.82, 2.24) is 4.72 Å². The van der Waals surface area contributed by atoms with E-state index in [1.165, 1.54) is 12.1 Å². The first kappa shape index (κ1) is 23.3. The van der Waals surface area contributed by atoms with Crippen molar-refractivity contribution >= 4 is 55.2 Å². The number of halogens is 2. The van der Waals surface area contributed by atoms with Crippen LogP contribution < -0.4 is 9.46 Å².